The molecule has 2 aliphatic heterocycles. The van der Waals surface area contributed by atoms with Gasteiger partial charge >= 0.3 is 23.9 Å². The van der Waals surface area contributed by atoms with Crippen LogP contribution < -0.4 is 0 Å². The summed E-state index contributed by atoms with van der Waals surface area (Å²) < 4.78 is 34.7. The molecule has 10 nitrogen and oxygen atoms in total. The van der Waals surface area contributed by atoms with Crippen LogP contribution in [0, 0.1) is 34.0 Å². The van der Waals surface area contributed by atoms with Crippen molar-refractivity contribution < 1.29 is 47.3 Å². The first-order valence-corrected chi connectivity index (χ1v) is 14.5. The third-order valence-corrected chi connectivity index (χ3v) is 11.3. The number of furan rings is 1. The zero-order valence-electron chi connectivity index (χ0n) is 25.2. The average molecular weight is 575 g/mol. The molecule has 4 fully saturated rings. The van der Waals surface area contributed by atoms with Crippen LogP contribution in [-0.4, -0.2) is 54.9 Å². The minimum atomic E-state index is -0.802. The van der Waals surface area contributed by atoms with Crippen molar-refractivity contribution in [2.75, 3.05) is 7.11 Å². The van der Waals surface area contributed by atoms with Crippen molar-refractivity contribution in [2.24, 2.45) is 34.0 Å². The van der Waals surface area contributed by atoms with Gasteiger partial charge in [0, 0.05) is 48.5 Å². The molecule has 0 aromatic carbocycles. The zero-order chi connectivity index (χ0) is 30.1. The van der Waals surface area contributed by atoms with Crippen molar-refractivity contribution in [3.63, 3.8) is 0 Å². The Morgan fingerprint density at radius 3 is 2.27 bits per heavy atom. The van der Waals surface area contributed by atoms with Gasteiger partial charge in [0.2, 0.25) is 0 Å². The molecule has 5 rings (SSSR count). The monoisotopic (exact) mass is 574 g/mol. The third kappa shape index (κ3) is 4.22. The zero-order valence-corrected chi connectivity index (χ0v) is 25.2. The first kappa shape index (κ1) is 29.6. The number of ether oxygens (including phenoxy) is 5. The van der Waals surface area contributed by atoms with E-state index in [9.17, 15) is 19.2 Å². The summed E-state index contributed by atoms with van der Waals surface area (Å²) >= 11 is 0. The number of carbonyl (C=O) groups excluding carboxylic acids is 4. The summed E-state index contributed by atoms with van der Waals surface area (Å²) in [5, 5.41) is 0. The van der Waals surface area contributed by atoms with Crippen LogP contribution in [0.25, 0.3) is 0 Å². The highest BCUT2D eigenvalue weighted by Gasteiger charge is 2.81. The molecule has 3 heterocycles. The highest BCUT2D eigenvalue weighted by Crippen LogP contribution is 2.73. The predicted molar refractivity (Wildman–Crippen MR) is 143 cm³/mol. The van der Waals surface area contributed by atoms with Crippen molar-refractivity contribution in [3.8, 4) is 0 Å². The fraction of sp³-hybridized carbons (Fsp3) is 0.742. The van der Waals surface area contributed by atoms with E-state index >= 15 is 0 Å². The number of epoxide rings is 1. The van der Waals surface area contributed by atoms with Crippen LogP contribution in [0.15, 0.2) is 23.0 Å². The fourth-order valence-corrected chi connectivity index (χ4v) is 9.25. The number of methoxy groups -OCH3 is 1. The van der Waals surface area contributed by atoms with Crippen LogP contribution in [0.3, 0.4) is 0 Å². The lowest BCUT2D eigenvalue weighted by Gasteiger charge is -2.63. The largest absolute Gasteiger partial charge is 0.472 e. The van der Waals surface area contributed by atoms with E-state index in [2.05, 4.69) is 20.8 Å². The summed E-state index contributed by atoms with van der Waals surface area (Å²) in [4.78, 5) is 50.7. The highest BCUT2D eigenvalue weighted by atomic mass is 16.7. The molecule has 2 aliphatic carbocycles. The lowest BCUT2D eigenvalue weighted by molar-refractivity contribution is -0.232. The normalized spacial score (nSPS) is 42.6. The SMILES string of the molecule is COC(=O)C[C@H]1C(C)(C)[C@H](OC(C)=O)C[C@H](OC(C)=O)[C@]1(C)[C@H]1CC[C@@]2(C)[C@H](c3ccoc3)OC(=O)[C@H]3O[C@]32[C@@H]1C. The van der Waals surface area contributed by atoms with Crippen molar-refractivity contribution in [1.29, 1.82) is 0 Å². The van der Waals surface area contributed by atoms with Gasteiger partial charge < -0.3 is 28.1 Å². The molecule has 1 aromatic rings. The van der Waals surface area contributed by atoms with E-state index in [1.807, 2.05) is 19.9 Å². The predicted octanol–water partition coefficient (Wildman–Crippen LogP) is 4.55. The molecule has 41 heavy (non-hydrogen) atoms. The molecule has 10 heteroatoms. The smallest absolute Gasteiger partial charge is 0.339 e. The summed E-state index contributed by atoms with van der Waals surface area (Å²) in [5.41, 5.74) is -1.96. The van der Waals surface area contributed by atoms with Gasteiger partial charge in [-0.2, -0.15) is 0 Å². The quantitative estimate of drug-likeness (QED) is 0.271. The number of carbonyl (C=O) groups is 4. The van der Waals surface area contributed by atoms with Gasteiger partial charge in [0.1, 0.15) is 23.9 Å². The van der Waals surface area contributed by atoms with Crippen LogP contribution in [0.4, 0.5) is 0 Å². The van der Waals surface area contributed by atoms with E-state index in [4.69, 9.17) is 28.1 Å². The van der Waals surface area contributed by atoms with Crippen LogP contribution in [0.5, 0.6) is 0 Å². The van der Waals surface area contributed by atoms with Crippen molar-refractivity contribution in [2.45, 2.75) is 104 Å². The Labute approximate surface area is 240 Å². The van der Waals surface area contributed by atoms with E-state index < -0.39 is 76.1 Å². The van der Waals surface area contributed by atoms with E-state index in [-0.39, 0.29) is 24.7 Å². The molecule has 1 aromatic heterocycles. The van der Waals surface area contributed by atoms with Gasteiger partial charge in [0.05, 0.1) is 19.6 Å². The molecule has 0 N–H and O–H groups in total. The Bertz CT molecular complexity index is 1220. The van der Waals surface area contributed by atoms with E-state index in [1.54, 1.807) is 12.5 Å². The van der Waals surface area contributed by atoms with Gasteiger partial charge in [-0.05, 0) is 36.7 Å². The molecule has 4 aliphatic rings. The van der Waals surface area contributed by atoms with Crippen LogP contribution in [-0.2, 0) is 42.9 Å². The first-order valence-electron chi connectivity index (χ1n) is 14.5. The molecule has 0 bridgehead atoms. The minimum Gasteiger partial charge on any atom is -0.472 e. The highest BCUT2D eigenvalue weighted by molar-refractivity contribution is 5.82. The Balaban J connectivity index is 1.61. The molecular formula is C31H42O10. The Hall–Kier alpha value is -2.88. The van der Waals surface area contributed by atoms with Gasteiger partial charge in [-0.25, -0.2) is 4.79 Å². The van der Waals surface area contributed by atoms with Gasteiger partial charge in [0.15, 0.2) is 6.10 Å². The van der Waals surface area contributed by atoms with Gasteiger partial charge in [-0.15, -0.1) is 0 Å². The first-order chi connectivity index (χ1) is 19.1. The van der Waals surface area contributed by atoms with Crippen molar-refractivity contribution >= 4 is 23.9 Å². The Morgan fingerprint density at radius 2 is 1.68 bits per heavy atom. The van der Waals surface area contributed by atoms with Crippen molar-refractivity contribution in [1.82, 2.24) is 0 Å². The topological polar surface area (TPSA) is 131 Å². The Morgan fingerprint density at radius 1 is 1.02 bits per heavy atom. The van der Waals surface area contributed by atoms with E-state index in [1.165, 1.54) is 21.0 Å². The molecule has 0 unspecified atom stereocenters. The molecular weight excluding hydrogens is 532 g/mol. The number of hydrogen-bond donors (Lipinski definition) is 0. The maximum Gasteiger partial charge on any atom is 0.339 e. The van der Waals surface area contributed by atoms with Gasteiger partial charge in [0.25, 0.3) is 0 Å². The van der Waals surface area contributed by atoms with Crippen LogP contribution in [0.2, 0.25) is 0 Å². The molecule has 0 radical (unpaired) electrons. The van der Waals surface area contributed by atoms with E-state index in [0.29, 0.717) is 12.8 Å². The number of esters is 4. The average Bonchev–Trinajstić information content (AvgIpc) is 3.45. The fourth-order valence-electron chi connectivity index (χ4n) is 9.25. The molecule has 0 amide bonds. The van der Waals surface area contributed by atoms with Gasteiger partial charge in [-0.3, -0.25) is 14.4 Å². The van der Waals surface area contributed by atoms with Crippen LogP contribution in [0.1, 0.15) is 85.8 Å². The number of rotatable bonds is 6. The summed E-state index contributed by atoms with van der Waals surface area (Å²) in [6.45, 7) is 13.0. The van der Waals surface area contributed by atoms with Gasteiger partial charge in [-0.1, -0.05) is 34.6 Å². The maximum absolute atomic E-state index is 13.2. The Kier molecular flexibility index (Phi) is 7.11. The summed E-state index contributed by atoms with van der Waals surface area (Å²) in [5.74, 6) is -2.36. The second kappa shape index (κ2) is 9.85. The molecule has 2 saturated carbocycles. The molecule has 2 saturated heterocycles. The van der Waals surface area contributed by atoms with Crippen LogP contribution >= 0.6 is 0 Å². The lowest BCUT2D eigenvalue weighted by atomic mass is 9.43. The molecule has 1 spiro atoms. The minimum absolute atomic E-state index is 0.0486. The number of cyclic esters (lactones) is 1. The second-order valence-electron chi connectivity index (χ2n) is 13.5. The molecule has 226 valence electrons. The maximum atomic E-state index is 13.2. The summed E-state index contributed by atoms with van der Waals surface area (Å²) in [7, 11) is 1.35. The third-order valence-electron chi connectivity index (χ3n) is 11.3. The number of hydrogen-bond acceptors (Lipinski definition) is 10. The molecule has 10 atom stereocenters. The summed E-state index contributed by atoms with van der Waals surface area (Å²) in [6.07, 6.45) is 2.42. The summed E-state index contributed by atoms with van der Waals surface area (Å²) in [6, 6.07) is 1.82. The lowest BCUT2D eigenvalue weighted by Crippen LogP contribution is -2.66. The van der Waals surface area contributed by atoms with E-state index in [0.717, 1.165) is 5.56 Å². The second-order valence-corrected chi connectivity index (χ2v) is 13.5. The standard InChI is InChI=1S/C31H42O10/c1-16-20(9-11-29(6)25(19-10-12-37-15-19)40-27(35)26-31(16,29)41-26)30(7)21(13-24(34)36-8)28(4,5)22(38-17(2)32)14-23(30)39-18(3)33/h10,12,15-16,20-23,25-26H,9,11,13-14H2,1-8H3/t16-,20+,21+,22-,23+,25+,26-,29+,30-,31-/m1/s1. The van der Waals surface area contributed by atoms with Crippen molar-refractivity contribution in [3.05, 3.63) is 24.2 Å².